The van der Waals surface area contributed by atoms with Crippen LogP contribution in [0.5, 0.6) is 0 Å². The first-order valence-corrected chi connectivity index (χ1v) is 7.51. The first-order valence-electron chi connectivity index (χ1n) is 6.23. The van der Waals surface area contributed by atoms with E-state index in [2.05, 4.69) is 11.6 Å². The lowest BCUT2D eigenvalue weighted by molar-refractivity contribution is 0.498. The molecule has 4 heteroatoms. The second-order valence-corrected chi connectivity index (χ2v) is 5.57. The summed E-state index contributed by atoms with van der Waals surface area (Å²) in [4.78, 5) is 11.5. The van der Waals surface area contributed by atoms with Crippen molar-refractivity contribution in [2.45, 2.75) is 37.1 Å². The van der Waals surface area contributed by atoms with Crippen LogP contribution < -0.4 is 10.9 Å². The molecule has 2 unspecified atom stereocenters. The summed E-state index contributed by atoms with van der Waals surface area (Å²) in [5.74, 6) is 0. The molecule has 1 N–H and O–H groups in total. The molecule has 0 amide bonds. The highest BCUT2D eigenvalue weighted by Crippen LogP contribution is 2.28. The van der Waals surface area contributed by atoms with Gasteiger partial charge in [-0.1, -0.05) is 12.5 Å². The van der Waals surface area contributed by atoms with E-state index in [1.54, 1.807) is 16.7 Å². The second-order valence-electron chi connectivity index (χ2n) is 4.50. The van der Waals surface area contributed by atoms with Gasteiger partial charge in [-0.3, -0.25) is 4.79 Å². The van der Waals surface area contributed by atoms with Gasteiger partial charge in [-0.2, -0.15) is 11.8 Å². The first kappa shape index (κ1) is 12.7. The molecule has 0 bridgehead atoms. The summed E-state index contributed by atoms with van der Waals surface area (Å²) >= 11 is 1.96. The van der Waals surface area contributed by atoms with Gasteiger partial charge in [0, 0.05) is 36.6 Å². The lowest BCUT2D eigenvalue weighted by atomic mass is 10.2. The zero-order valence-electron chi connectivity index (χ0n) is 10.3. The Morgan fingerprint density at radius 1 is 1.47 bits per heavy atom. The maximum Gasteiger partial charge on any atom is 0.250 e. The van der Waals surface area contributed by atoms with E-state index in [4.69, 9.17) is 0 Å². The fourth-order valence-electron chi connectivity index (χ4n) is 2.46. The fourth-order valence-corrected chi connectivity index (χ4v) is 3.42. The Morgan fingerprint density at radius 2 is 2.35 bits per heavy atom. The van der Waals surface area contributed by atoms with Crippen molar-refractivity contribution < 1.29 is 0 Å². The third-order valence-corrected chi connectivity index (χ3v) is 4.58. The highest BCUT2D eigenvalue weighted by atomic mass is 32.2. The molecule has 17 heavy (non-hydrogen) atoms. The van der Waals surface area contributed by atoms with Gasteiger partial charge in [0.1, 0.15) is 0 Å². The molecule has 0 spiro atoms. The number of nitrogens with one attached hydrogen (secondary N) is 1. The van der Waals surface area contributed by atoms with Crippen LogP contribution in [-0.2, 0) is 6.54 Å². The van der Waals surface area contributed by atoms with Gasteiger partial charge in [-0.25, -0.2) is 0 Å². The zero-order chi connectivity index (χ0) is 12.1. The SMILES string of the molecule is CSC1CCCC1NCCn1ccccc1=O. The maximum absolute atomic E-state index is 11.5. The van der Waals surface area contributed by atoms with Crippen LogP contribution >= 0.6 is 11.8 Å². The van der Waals surface area contributed by atoms with Crippen LogP contribution in [0.2, 0.25) is 0 Å². The summed E-state index contributed by atoms with van der Waals surface area (Å²) in [6.07, 6.45) is 7.96. The van der Waals surface area contributed by atoms with E-state index in [0.29, 0.717) is 6.04 Å². The van der Waals surface area contributed by atoms with Crippen LogP contribution in [0.25, 0.3) is 0 Å². The number of rotatable bonds is 5. The summed E-state index contributed by atoms with van der Waals surface area (Å²) < 4.78 is 1.76. The second kappa shape index (κ2) is 6.26. The van der Waals surface area contributed by atoms with E-state index in [9.17, 15) is 4.79 Å². The minimum Gasteiger partial charge on any atom is -0.314 e. The normalized spacial score (nSPS) is 24.1. The summed E-state index contributed by atoms with van der Waals surface area (Å²) in [6.45, 7) is 1.64. The molecule has 0 radical (unpaired) electrons. The Balaban J connectivity index is 1.80. The van der Waals surface area contributed by atoms with Gasteiger partial charge in [-0.15, -0.1) is 0 Å². The minimum atomic E-state index is 0.0853. The molecule has 94 valence electrons. The Bertz CT molecular complexity index is 404. The Kier molecular flexibility index (Phi) is 4.68. The van der Waals surface area contributed by atoms with Crippen molar-refractivity contribution in [3.05, 3.63) is 34.7 Å². The highest BCUT2D eigenvalue weighted by molar-refractivity contribution is 7.99. The topological polar surface area (TPSA) is 34.0 Å². The van der Waals surface area contributed by atoms with Crippen LogP contribution in [0.4, 0.5) is 0 Å². The van der Waals surface area contributed by atoms with Crippen LogP contribution in [0.1, 0.15) is 19.3 Å². The molecule has 1 aliphatic rings. The van der Waals surface area contributed by atoms with Gasteiger partial charge in [0.25, 0.3) is 5.56 Å². The molecule has 1 aromatic heterocycles. The van der Waals surface area contributed by atoms with Gasteiger partial charge in [0.05, 0.1) is 0 Å². The van der Waals surface area contributed by atoms with Crippen molar-refractivity contribution in [3.8, 4) is 0 Å². The molecule has 0 aromatic carbocycles. The van der Waals surface area contributed by atoms with Crippen LogP contribution in [0, 0.1) is 0 Å². The molecule has 1 aliphatic carbocycles. The van der Waals surface area contributed by atoms with E-state index in [-0.39, 0.29) is 5.56 Å². The van der Waals surface area contributed by atoms with Crippen molar-refractivity contribution in [2.75, 3.05) is 12.8 Å². The molecule has 1 saturated carbocycles. The summed E-state index contributed by atoms with van der Waals surface area (Å²) in [5.41, 5.74) is 0.0853. The molecule has 2 rings (SSSR count). The van der Waals surface area contributed by atoms with Gasteiger partial charge in [0.15, 0.2) is 0 Å². The molecular formula is C13H20N2OS. The van der Waals surface area contributed by atoms with Gasteiger partial charge in [0.2, 0.25) is 0 Å². The molecule has 1 aromatic rings. The van der Waals surface area contributed by atoms with Crippen LogP contribution in [0.15, 0.2) is 29.2 Å². The molecule has 1 fully saturated rings. The summed E-state index contributed by atoms with van der Waals surface area (Å²) in [5, 5.41) is 4.33. The molecule has 2 atom stereocenters. The van der Waals surface area contributed by atoms with Gasteiger partial charge >= 0.3 is 0 Å². The third kappa shape index (κ3) is 3.36. The van der Waals surface area contributed by atoms with Crippen LogP contribution in [0.3, 0.4) is 0 Å². The number of hydrogen-bond donors (Lipinski definition) is 1. The smallest absolute Gasteiger partial charge is 0.250 e. The highest BCUT2D eigenvalue weighted by Gasteiger charge is 2.25. The maximum atomic E-state index is 11.5. The standard InChI is InChI=1S/C13H20N2OS/c1-17-12-6-4-5-11(12)14-8-10-15-9-3-2-7-13(15)16/h2-3,7,9,11-12,14H,4-6,8,10H2,1H3. The Morgan fingerprint density at radius 3 is 3.12 bits per heavy atom. The largest absolute Gasteiger partial charge is 0.314 e. The van der Waals surface area contributed by atoms with E-state index in [1.807, 2.05) is 24.0 Å². The zero-order valence-corrected chi connectivity index (χ0v) is 11.1. The average Bonchev–Trinajstić information content (AvgIpc) is 2.79. The average molecular weight is 252 g/mol. The number of pyridine rings is 1. The molecule has 1 heterocycles. The monoisotopic (exact) mass is 252 g/mol. The van der Waals surface area contributed by atoms with E-state index < -0.39 is 0 Å². The predicted molar refractivity (Wildman–Crippen MR) is 73.6 cm³/mol. The number of thioether (sulfide) groups is 1. The number of nitrogens with zero attached hydrogens (tertiary/aromatic N) is 1. The lowest BCUT2D eigenvalue weighted by Crippen LogP contribution is -2.37. The fraction of sp³-hybridized carbons (Fsp3) is 0.615. The van der Waals surface area contributed by atoms with Crippen molar-refractivity contribution in [2.24, 2.45) is 0 Å². The first-order chi connectivity index (χ1) is 8.31. The van der Waals surface area contributed by atoms with Crippen LogP contribution in [-0.4, -0.2) is 28.7 Å². The number of aromatic nitrogens is 1. The van der Waals surface area contributed by atoms with E-state index >= 15 is 0 Å². The van der Waals surface area contributed by atoms with E-state index in [0.717, 1.165) is 18.3 Å². The molecular weight excluding hydrogens is 232 g/mol. The lowest BCUT2D eigenvalue weighted by Gasteiger charge is -2.19. The van der Waals surface area contributed by atoms with Crippen molar-refractivity contribution >= 4 is 11.8 Å². The summed E-state index contributed by atoms with van der Waals surface area (Å²) in [7, 11) is 0. The molecule has 3 nitrogen and oxygen atoms in total. The Labute approximate surface area is 107 Å². The van der Waals surface area contributed by atoms with Crippen molar-refractivity contribution in [1.82, 2.24) is 9.88 Å². The predicted octanol–water partition coefficient (Wildman–Crippen LogP) is 1.72. The third-order valence-electron chi connectivity index (χ3n) is 3.41. The van der Waals surface area contributed by atoms with Crippen molar-refractivity contribution in [1.29, 1.82) is 0 Å². The van der Waals surface area contributed by atoms with Crippen molar-refractivity contribution in [3.63, 3.8) is 0 Å². The van der Waals surface area contributed by atoms with Gasteiger partial charge < -0.3 is 9.88 Å². The number of hydrogen-bond acceptors (Lipinski definition) is 3. The van der Waals surface area contributed by atoms with E-state index in [1.165, 1.54) is 19.3 Å². The Hall–Kier alpha value is -0.740. The summed E-state index contributed by atoms with van der Waals surface area (Å²) in [6, 6.07) is 5.93. The molecule has 0 aliphatic heterocycles. The quantitative estimate of drug-likeness (QED) is 0.866. The molecule has 0 saturated heterocycles. The van der Waals surface area contributed by atoms with Gasteiger partial charge in [-0.05, 0) is 25.2 Å². The minimum absolute atomic E-state index is 0.0853.